The van der Waals surface area contributed by atoms with Crippen LogP contribution in [0.4, 0.5) is 0 Å². The zero-order valence-corrected chi connectivity index (χ0v) is 13.7. The molecule has 6 heteroatoms. The molecule has 0 radical (unpaired) electrons. The molecule has 1 aliphatic rings. The number of aromatic nitrogens is 1. The van der Waals surface area contributed by atoms with E-state index in [9.17, 15) is 9.90 Å². The van der Waals surface area contributed by atoms with Crippen molar-refractivity contribution in [3.63, 3.8) is 0 Å². The molecule has 0 bridgehead atoms. The first-order chi connectivity index (χ1) is 10.6. The van der Waals surface area contributed by atoms with Gasteiger partial charge in [0.2, 0.25) is 5.43 Å². The summed E-state index contributed by atoms with van der Waals surface area (Å²) in [6, 6.07) is 1.68. The van der Waals surface area contributed by atoms with Crippen molar-refractivity contribution in [1.29, 1.82) is 0 Å². The van der Waals surface area contributed by atoms with E-state index in [-0.39, 0.29) is 5.75 Å². The minimum absolute atomic E-state index is 0.320. The highest BCUT2D eigenvalue weighted by molar-refractivity contribution is 7.11. The molecule has 118 valence electrons. The van der Waals surface area contributed by atoms with Crippen molar-refractivity contribution in [2.75, 3.05) is 7.05 Å². The summed E-state index contributed by atoms with van der Waals surface area (Å²) in [5, 5.41) is 10.5. The lowest BCUT2D eigenvalue weighted by Crippen LogP contribution is -2.27. The van der Waals surface area contributed by atoms with Crippen LogP contribution in [0.1, 0.15) is 47.1 Å². The summed E-state index contributed by atoms with van der Waals surface area (Å²) in [7, 11) is 2.04. The van der Waals surface area contributed by atoms with Gasteiger partial charge < -0.3 is 9.52 Å². The summed E-state index contributed by atoms with van der Waals surface area (Å²) < 4.78 is 5.31. The number of hydrogen-bond acceptors (Lipinski definition) is 6. The Labute approximate surface area is 133 Å². The summed E-state index contributed by atoms with van der Waals surface area (Å²) in [5.41, 5.74) is 0.835. The topological polar surface area (TPSA) is 66.6 Å². The van der Waals surface area contributed by atoms with E-state index in [1.807, 2.05) is 7.05 Å². The van der Waals surface area contributed by atoms with E-state index < -0.39 is 5.43 Å². The quantitative estimate of drug-likeness (QED) is 0.938. The Balaban J connectivity index is 1.81. The molecular formula is C16H20N2O3S. The number of aryl methyl sites for hydroxylation is 2. The van der Waals surface area contributed by atoms with Gasteiger partial charge in [-0.3, -0.25) is 9.69 Å². The maximum Gasteiger partial charge on any atom is 0.226 e. The summed E-state index contributed by atoms with van der Waals surface area (Å²) in [4.78, 5) is 19.8. The van der Waals surface area contributed by atoms with Gasteiger partial charge in [0.1, 0.15) is 12.0 Å². The SMILES string of the molecule is CCc1nc2c(s1)[C@H](N(C)Cc1cc(=O)c(O)co1)CCC2. The molecule has 0 amide bonds. The van der Waals surface area contributed by atoms with Gasteiger partial charge in [0.25, 0.3) is 0 Å². The molecule has 0 fully saturated rings. The first-order valence-electron chi connectivity index (χ1n) is 7.58. The largest absolute Gasteiger partial charge is 0.502 e. The lowest BCUT2D eigenvalue weighted by molar-refractivity contribution is 0.198. The van der Waals surface area contributed by atoms with Crippen LogP contribution in [0.25, 0.3) is 0 Å². The number of thiazole rings is 1. The Morgan fingerprint density at radius 2 is 2.36 bits per heavy atom. The van der Waals surface area contributed by atoms with Gasteiger partial charge in [-0.25, -0.2) is 4.98 Å². The molecule has 1 N–H and O–H groups in total. The molecular weight excluding hydrogens is 300 g/mol. The minimum atomic E-state index is -0.398. The number of aromatic hydroxyl groups is 1. The summed E-state index contributed by atoms with van der Waals surface area (Å²) >= 11 is 1.80. The Hall–Kier alpha value is -1.66. The molecule has 0 saturated carbocycles. The number of rotatable bonds is 4. The highest BCUT2D eigenvalue weighted by Gasteiger charge is 2.27. The van der Waals surface area contributed by atoms with Crippen molar-refractivity contribution >= 4 is 11.3 Å². The first-order valence-corrected chi connectivity index (χ1v) is 8.39. The maximum atomic E-state index is 11.5. The zero-order valence-electron chi connectivity index (χ0n) is 12.8. The predicted molar refractivity (Wildman–Crippen MR) is 85.3 cm³/mol. The number of nitrogens with zero attached hydrogens (tertiary/aromatic N) is 2. The smallest absolute Gasteiger partial charge is 0.226 e. The van der Waals surface area contributed by atoms with Gasteiger partial charge in [-0.1, -0.05) is 6.92 Å². The van der Waals surface area contributed by atoms with Crippen LogP contribution in [0.5, 0.6) is 5.75 Å². The van der Waals surface area contributed by atoms with Crippen LogP contribution in [0.2, 0.25) is 0 Å². The van der Waals surface area contributed by atoms with E-state index in [1.165, 1.54) is 21.6 Å². The summed E-state index contributed by atoms with van der Waals surface area (Å²) in [6.45, 7) is 2.67. The van der Waals surface area contributed by atoms with Gasteiger partial charge in [-0.15, -0.1) is 11.3 Å². The third kappa shape index (κ3) is 2.94. The highest BCUT2D eigenvalue weighted by atomic mass is 32.1. The predicted octanol–water partition coefficient (Wildman–Crippen LogP) is 2.87. The molecule has 0 saturated heterocycles. The Morgan fingerprint density at radius 1 is 1.55 bits per heavy atom. The monoisotopic (exact) mass is 320 g/mol. The van der Waals surface area contributed by atoms with E-state index in [0.29, 0.717) is 18.3 Å². The van der Waals surface area contributed by atoms with Crippen LogP contribution in [0.15, 0.2) is 21.5 Å². The van der Waals surface area contributed by atoms with Crippen LogP contribution >= 0.6 is 11.3 Å². The molecule has 0 aromatic carbocycles. The van der Waals surface area contributed by atoms with Crippen molar-refractivity contribution < 1.29 is 9.52 Å². The normalized spacial score (nSPS) is 17.7. The van der Waals surface area contributed by atoms with Crippen molar-refractivity contribution in [3.05, 3.63) is 43.9 Å². The molecule has 0 aliphatic heterocycles. The fourth-order valence-corrected chi connectivity index (χ4v) is 4.16. The van der Waals surface area contributed by atoms with Gasteiger partial charge >= 0.3 is 0 Å². The average molecular weight is 320 g/mol. The molecule has 3 rings (SSSR count). The fraction of sp³-hybridized carbons (Fsp3) is 0.500. The lowest BCUT2D eigenvalue weighted by Gasteiger charge is -2.30. The van der Waals surface area contributed by atoms with Crippen LogP contribution in [0, 0.1) is 0 Å². The third-order valence-electron chi connectivity index (χ3n) is 4.07. The van der Waals surface area contributed by atoms with Crippen LogP contribution < -0.4 is 5.43 Å². The van der Waals surface area contributed by atoms with Gasteiger partial charge in [0.05, 0.1) is 17.2 Å². The van der Waals surface area contributed by atoms with Crippen LogP contribution in [-0.2, 0) is 19.4 Å². The first kappa shape index (κ1) is 15.2. The van der Waals surface area contributed by atoms with Gasteiger partial charge in [0, 0.05) is 17.0 Å². The number of hydrogen-bond donors (Lipinski definition) is 1. The van der Waals surface area contributed by atoms with Crippen molar-refractivity contribution in [2.24, 2.45) is 0 Å². The van der Waals surface area contributed by atoms with E-state index in [0.717, 1.165) is 31.9 Å². The Bertz CT molecular complexity index is 722. The Kier molecular flexibility index (Phi) is 4.31. The molecule has 1 aliphatic carbocycles. The molecule has 0 spiro atoms. The molecule has 1 atom stereocenters. The second-order valence-electron chi connectivity index (χ2n) is 5.69. The highest BCUT2D eigenvalue weighted by Crippen LogP contribution is 2.38. The summed E-state index contributed by atoms with van der Waals surface area (Å²) in [6.07, 6.45) is 5.37. The molecule has 5 nitrogen and oxygen atoms in total. The molecule has 2 aromatic heterocycles. The zero-order chi connectivity index (χ0) is 15.7. The van der Waals surface area contributed by atoms with Crippen molar-refractivity contribution in [2.45, 2.75) is 45.2 Å². The van der Waals surface area contributed by atoms with Crippen molar-refractivity contribution in [3.8, 4) is 5.75 Å². The molecule has 2 heterocycles. The molecule has 2 aromatic rings. The minimum Gasteiger partial charge on any atom is -0.502 e. The van der Waals surface area contributed by atoms with Gasteiger partial charge in [-0.05, 0) is 32.7 Å². The second-order valence-corrected chi connectivity index (χ2v) is 6.81. The average Bonchev–Trinajstić information content (AvgIpc) is 2.94. The summed E-state index contributed by atoms with van der Waals surface area (Å²) in [5.74, 6) is 0.221. The van der Waals surface area contributed by atoms with Crippen LogP contribution in [0.3, 0.4) is 0 Å². The maximum absolute atomic E-state index is 11.5. The van der Waals surface area contributed by atoms with E-state index in [4.69, 9.17) is 9.40 Å². The van der Waals surface area contributed by atoms with Gasteiger partial charge in [-0.2, -0.15) is 0 Å². The molecule has 0 unspecified atom stereocenters. The lowest BCUT2D eigenvalue weighted by atomic mass is 9.97. The second kappa shape index (κ2) is 6.22. The third-order valence-corrected chi connectivity index (χ3v) is 5.42. The standard InChI is InChI=1S/C16H20N2O3S/c1-3-15-17-11-5-4-6-12(16(11)22-15)18(2)8-10-7-13(19)14(20)9-21-10/h7,9,12,20H,3-6,8H2,1-2H3/t12-/m1/s1. The van der Waals surface area contributed by atoms with Gasteiger partial charge in [0.15, 0.2) is 5.75 Å². The van der Waals surface area contributed by atoms with Crippen LogP contribution in [-0.4, -0.2) is 22.0 Å². The van der Waals surface area contributed by atoms with E-state index >= 15 is 0 Å². The van der Waals surface area contributed by atoms with E-state index in [1.54, 1.807) is 11.3 Å². The van der Waals surface area contributed by atoms with Crippen molar-refractivity contribution in [1.82, 2.24) is 9.88 Å². The number of fused-ring (bicyclic) bond motifs is 1. The fourth-order valence-electron chi connectivity index (χ4n) is 2.90. The van der Waals surface area contributed by atoms with E-state index in [2.05, 4.69) is 11.8 Å². The molecule has 22 heavy (non-hydrogen) atoms. The Morgan fingerprint density at radius 3 is 3.09 bits per heavy atom.